The molecule has 1 aliphatic rings. The summed E-state index contributed by atoms with van der Waals surface area (Å²) in [5.41, 5.74) is 1.12. The maximum absolute atomic E-state index is 11.9. The highest BCUT2D eigenvalue weighted by Crippen LogP contribution is 2.12. The van der Waals surface area contributed by atoms with Gasteiger partial charge in [0.25, 0.3) is 0 Å². The fourth-order valence-corrected chi connectivity index (χ4v) is 2.30. The predicted molar refractivity (Wildman–Crippen MR) is 73.9 cm³/mol. The molecule has 1 fully saturated rings. The summed E-state index contributed by atoms with van der Waals surface area (Å²) in [7, 11) is 0. The lowest BCUT2D eigenvalue weighted by Crippen LogP contribution is -2.39. The minimum Gasteiger partial charge on any atom is -0.355 e. The number of nitrogens with one attached hydrogen (secondary N) is 2. The molecule has 0 aromatic heterocycles. The van der Waals surface area contributed by atoms with Crippen molar-refractivity contribution in [1.82, 2.24) is 10.6 Å². The van der Waals surface area contributed by atoms with Crippen LogP contribution in [0, 0.1) is 5.92 Å². The number of carbonyl (C=O) groups is 2. The highest BCUT2D eigenvalue weighted by molar-refractivity contribution is 6.30. The molecular weight excluding hydrogens is 264 g/mol. The quantitative estimate of drug-likeness (QED) is 0.879. The number of rotatable bonds is 4. The molecule has 2 unspecified atom stereocenters. The summed E-state index contributed by atoms with van der Waals surface area (Å²) in [5, 5.41) is 6.31. The maximum atomic E-state index is 11.9. The second-order valence-corrected chi connectivity index (χ2v) is 5.38. The van der Waals surface area contributed by atoms with Gasteiger partial charge in [-0.2, -0.15) is 0 Å². The Labute approximate surface area is 117 Å². The number of halogens is 1. The molecule has 1 heterocycles. The van der Waals surface area contributed by atoms with E-state index in [0.29, 0.717) is 18.0 Å². The molecule has 1 saturated heterocycles. The van der Waals surface area contributed by atoms with Crippen LogP contribution in [0.4, 0.5) is 0 Å². The van der Waals surface area contributed by atoms with Gasteiger partial charge in [0.1, 0.15) is 0 Å². The van der Waals surface area contributed by atoms with Crippen molar-refractivity contribution in [3.05, 3.63) is 34.9 Å². The number of amides is 2. The first kappa shape index (κ1) is 13.9. The van der Waals surface area contributed by atoms with E-state index >= 15 is 0 Å². The smallest absolute Gasteiger partial charge is 0.225 e. The van der Waals surface area contributed by atoms with Gasteiger partial charge in [-0.05, 0) is 31.0 Å². The SMILES string of the molecule is CC(Cc1ccc(Cl)cc1)NC(=O)C1CNC(=O)C1. The summed E-state index contributed by atoms with van der Waals surface area (Å²) < 4.78 is 0. The van der Waals surface area contributed by atoms with Crippen LogP contribution in [-0.4, -0.2) is 24.4 Å². The summed E-state index contributed by atoms with van der Waals surface area (Å²) in [6.45, 7) is 2.40. The highest BCUT2D eigenvalue weighted by Gasteiger charge is 2.28. The number of hydrogen-bond acceptors (Lipinski definition) is 2. The van der Waals surface area contributed by atoms with Crippen LogP contribution >= 0.6 is 11.6 Å². The van der Waals surface area contributed by atoms with E-state index in [4.69, 9.17) is 11.6 Å². The zero-order valence-corrected chi connectivity index (χ0v) is 11.5. The van der Waals surface area contributed by atoms with E-state index in [0.717, 1.165) is 12.0 Å². The summed E-state index contributed by atoms with van der Waals surface area (Å²) in [6.07, 6.45) is 1.04. The molecule has 0 aliphatic carbocycles. The summed E-state index contributed by atoms with van der Waals surface area (Å²) in [6, 6.07) is 7.61. The summed E-state index contributed by atoms with van der Waals surface area (Å²) >= 11 is 5.82. The molecule has 2 N–H and O–H groups in total. The largest absolute Gasteiger partial charge is 0.355 e. The van der Waals surface area contributed by atoms with Gasteiger partial charge in [-0.1, -0.05) is 23.7 Å². The fraction of sp³-hybridized carbons (Fsp3) is 0.429. The Morgan fingerprint density at radius 1 is 1.47 bits per heavy atom. The normalized spacial score (nSPS) is 19.9. The lowest BCUT2D eigenvalue weighted by molar-refractivity contribution is -0.127. The van der Waals surface area contributed by atoms with Crippen LogP contribution in [0.3, 0.4) is 0 Å². The van der Waals surface area contributed by atoms with Gasteiger partial charge >= 0.3 is 0 Å². The molecular formula is C14H17ClN2O2. The molecule has 102 valence electrons. The monoisotopic (exact) mass is 280 g/mol. The van der Waals surface area contributed by atoms with Crippen LogP contribution in [0.25, 0.3) is 0 Å². The second-order valence-electron chi connectivity index (χ2n) is 4.95. The molecule has 2 rings (SSSR count). The number of hydrogen-bond donors (Lipinski definition) is 2. The molecule has 0 spiro atoms. The van der Waals surface area contributed by atoms with E-state index in [9.17, 15) is 9.59 Å². The van der Waals surface area contributed by atoms with Gasteiger partial charge in [0.05, 0.1) is 5.92 Å². The first-order valence-electron chi connectivity index (χ1n) is 6.36. The minimum absolute atomic E-state index is 0.0318. The maximum Gasteiger partial charge on any atom is 0.225 e. The standard InChI is InChI=1S/C14H17ClN2O2/c1-9(6-10-2-4-12(15)5-3-10)17-14(19)11-7-13(18)16-8-11/h2-5,9,11H,6-8H2,1H3,(H,16,18)(H,17,19). The first-order valence-corrected chi connectivity index (χ1v) is 6.74. The molecule has 0 radical (unpaired) electrons. The zero-order chi connectivity index (χ0) is 13.8. The molecule has 1 aromatic carbocycles. The third kappa shape index (κ3) is 3.96. The minimum atomic E-state index is -0.236. The zero-order valence-electron chi connectivity index (χ0n) is 10.8. The van der Waals surface area contributed by atoms with Crippen LogP contribution in [0.15, 0.2) is 24.3 Å². The van der Waals surface area contributed by atoms with E-state index in [2.05, 4.69) is 10.6 Å². The Balaban J connectivity index is 1.83. The lowest BCUT2D eigenvalue weighted by Gasteiger charge is -2.16. The van der Waals surface area contributed by atoms with E-state index in [1.807, 2.05) is 31.2 Å². The Hall–Kier alpha value is -1.55. The lowest BCUT2D eigenvalue weighted by atomic mass is 10.0. The van der Waals surface area contributed by atoms with Gasteiger partial charge < -0.3 is 10.6 Å². The van der Waals surface area contributed by atoms with Crippen LogP contribution < -0.4 is 10.6 Å². The molecule has 0 bridgehead atoms. The van der Waals surface area contributed by atoms with E-state index in [1.54, 1.807) is 0 Å². The average molecular weight is 281 g/mol. The Morgan fingerprint density at radius 3 is 2.74 bits per heavy atom. The third-order valence-electron chi connectivity index (χ3n) is 3.19. The number of benzene rings is 1. The highest BCUT2D eigenvalue weighted by atomic mass is 35.5. The van der Waals surface area contributed by atoms with Gasteiger partial charge in [-0.25, -0.2) is 0 Å². The van der Waals surface area contributed by atoms with Crippen LogP contribution in [0.5, 0.6) is 0 Å². The molecule has 2 atom stereocenters. The Morgan fingerprint density at radius 2 is 2.16 bits per heavy atom. The van der Waals surface area contributed by atoms with E-state index in [1.165, 1.54) is 0 Å². The molecule has 1 aromatic rings. The summed E-state index contributed by atoms with van der Waals surface area (Å²) in [5.74, 6) is -0.342. The Bertz CT molecular complexity index is 473. The van der Waals surface area contributed by atoms with Crippen LogP contribution in [0.2, 0.25) is 5.02 Å². The molecule has 5 heteroatoms. The summed E-state index contributed by atoms with van der Waals surface area (Å²) in [4.78, 5) is 23.0. The molecule has 4 nitrogen and oxygen atoms in total. The van der Waals surface area contributed by atoms with Crippen molar-refractivity contribution < 1.29 is 9.59 Å². The molecule has 0 saturated carbocycles. The van der Waals surface area contributed by atoms with Crippen molar-refractivity contribution >= 4 is 23.4 Å². The third-order valence-corrected chi connectivity index (χ3v) is 3.44. The van der Waals surface area contributed by atoms with Crippen molar-refractivity contribution in [2.45, 2.75) is 25.8 Å². The van der Waals surface area contributed by atoms with Crippen molar-refractivity contribution in [1.29, 1.82) is 0 Å². The van der Waals surface area contributed by atoms with Gasteiger partial charge in [0, 0.05) is 24.0 Å². The van der Waals surface area contributed by atoms with Gasteiger partial charge in [0.15, 0.2) is 0 Å². The molecule has 1 aliphatic heterocycles. The van der Waals surface area contributed by atoms with Crippen molar-refractivity contribution in [2.75, 3.05) is 6.54 Å². The first-order chi connectivity index (χ1) is 9.04. The predicted octanol–water partition coefficient (Wildman–Crippen LogP) is 1.52. The van der Waals surface area contributed by atoms with Crippen molar-refractivity contribution in [2.24, 2.45) is 5.92 Å². The van der Waals surface area contributed by atoms with Crippen LogP contribution in [-0.2, 0) is 16.0 Å². The van der Waals surface area contributed by atoms with Gasteiger partial charge in [-0.3, -0.25) is 9.59 Å². The molecule has 19 heavy (non-hydrogen) atoms. The van der Waals surface area contributed by atoms with Gasteiger partial charge in [-0.15, -0.1) is 0 Å². The number of carbonyl (C=O) groups excluding carboxylic acids is 2. The second kappa shape index (κ2) is 6.06. The van der Waals surface area contributed by atoms with E-state index in [-0.39, 0.29) is 23.8 Å². The topological polar surface area (TPSA) is 58.2 Å². The van der Waals surface area contributed by atoms with Gasteiger partial charge in [0.2, 0.25) is 11.8 Å². The van der Waals surface area contributed by atoms with E-state index < -0.39 is 0 Å². The fourth-order valence-electron chi connectivity index (χ4n) is 2.18. The van der Waals surface area contributed by atoms with Crippen molar-refractivity contribution in [3.63, 3.8) is 0 Å². The average Bonchev–Trinajstić information content (AvgIpc) is 2.79. The Kier molecular flexibility index (Phi) is 4.43. The van der Waals surface area contributed by atoms with Crippen LogP contribution in [0.1, 0.15) is 18.9 Å². The molecule has 2 amide bonds. The van der Waals surface area contributed by atoms with Crippen molar-refractivity contribution in [3.8, 4) is 0 Å².